The van der Waals surface area contributed by atoms with Gasteiger partial charge in [0.1, 0.15) is 0 Å². The molecule has 1 aromatic carbocycles. The normalized spacial score (nSPS) is 11.0. The van der Waals surface area contributed by atoms with Gasteiger partial charge in [0.2, 0.25) is 6.33 Å². The molecule has 0 saturated heterocycles. The number of imidazole rings is 1. The SMILES string of the molecule is C[n+]1cn(CCCS)c2ccccc21. The Kier molecular flexibility index (Phi) is 2.77. The van der Waals surface area contributed by atoms with Crippen LogP contribution < -0.4 is 4.57 Å². The van der Waals surface area contributed by atoms with Crippen molar-refractivity contribution in [3.05, 3.63) is 30.6 Å². The van der Waals surface area contributed by atoms with Crippen LogP contribution in [-0.4, -0.2) is 10.3 Å². The molecule has 0 N–H and O–H groups in total. The summed E-state index contributed by atoms with van der Waals surface area (Å²) in [6, 6.07) is 8.46. The minimum absolute atomic E-state index is 0.941. The molecule has 0 aliphatic carbocycles. The minimum Gasteiger partial charge on any atom is -0.233 e. The van der Waals surface area contributed by atoms with E-state index in [1.807, 2.05) is 0 Å². The lowest BCUT2D eigenvalue weighted by Crippen LogP contribution is -2.25. The molecular weight excluding hydrogens is 192 g/mol. The standard InChI is InChI=1S/C11H14N2S/c1-12-9-13(7-4-8-14)11-6-3-2-5-10(11)12/h2-3,5-6,9H,4,7-8H2,1H3/p+1. The fourth-order valence-electron chi connectivity index (χ4n) is 1.76. The number of para-hydroxylation sites is 2. The highest BCUT2D eigenvalue weighted by Crippen LogP contribution is 2.10. The molecule has 1 aromatic heterocycles. The third-order valence-electron chi connectivity index (χ3n) is 2.44. The Morgan fingerprint density at radius 2 is 2.14 bits per heavy atom. The van der Waals surface area contributed by atoms with Crippen molar-refractivity contribution in [2.75, 3.05) is 5.75 Å². The van der Waals surface area contributed by atoms with E-state index in [4.69, 9.17) is 0 Å². The largest absolute Gasteiger partial charge is 0.244 e. The van der Waals surface area contributed by atoms with E-state index >= 15 is 0 Å². The van der Waals surface area contributed by atoms with Crippen molar-refractivity contribution >= 4 is 23.7 Å². The third-order valence-corrected chi connectivity index (χ3v) is 2.76. The summed E-state index contributed by atoms with van der Waals surface area (Å²) in [5, 5.41) is 0. The monoisotopic (exact) mass is 207 g/mol. The second-order valence-electron chi connectivity index (χ2n) is 3.49. The number of fused-ring (bicyclic) bond motifs is 1. The summed E-state index contributed by atoms with van der Waals surface area (Å²) in [6.07, 6.45) is 3.26. The van der Waals surface area contributed by atoms with Crippen LogP contribution in [0.15, 0.2) is 30.6 Å². The Bertz CT molecular complexity index is 434. The Morgan fingerprint density at radius 3 is 2.93 bits per heavy atom. The Labute approximate surface area is 89.6 Å². The quantitative estimate of drug-likeness (QED) is 0.580. The van der Waals surface area contributed by atoms with Crippen molar-refractivity contribution in [1.82, 2.24) is 4.57 Å². The first-order valence-corrected chi connectivity index (χ1v) is 5.50. The van der Waals surface area contributed by atoms with Crippen LogP contribution in [0, 0.1) is 0 Å². The highest BCUT2D eigenvalue weighted by molar-refractivity contribution is 7.80. The summed E-state index contributed by atoms with van der Waals surface area (Å²) in [4.78, 5) is 0. The molecule has 0 aliphatic rings. The van der Waals surface area contributed by atoms with Gasteiger partial charge >= 0.3 is 0 Å². The van der Waals surface area contributed by atoms with E-state index in [2.05, 4.69) is 59.4 Å². The van der Waals surface area contributed by atoms with Crippen LogP contribution in [0.2, 0.25) is 0 Å². The van der Waals surface area contributed by atoms with Crippen molar-refractivity contribution < 1.29 is 4.57 Å². The van der Waals surface area contributed by atoms with Crippen LogP contribution in [-0.2, 0) is 13.6 Å². The van der Waals surface area contributed by atoms with Gasteiger partial charge < -0.3 is 0 Å². The number of aromatic nitrogens is 2. The molecule has 0 aliphatic heterocycles. The Balaban J connectivity index is 2.44. The van der Waals surface area contributed by atoms with Gasteiger partial charge in [0, 0.05) is 0 Å². The average molecular weight is 207 g/mol. The van der Waals surface area contributed by atoms with Crippen molar-refractivity contribution in [3.8, 4) is 0 Å². The van der Waals surface area contributed by atoms with Gasteiger partial charge in [0.05, 0.1) is 13.6 Å². The van der Waals surface area contributed by atoms with E-state index in [0.717, 1.165) is 18.7 Å². The lowest BCUT2D eigenvalue weighted by molar-refractivity contribution is -0.645. The van der Waals surface area contributed by atoms with Crippen LogP contribution in [0.25, 0.3) is 11.0 Å². The number of hydrogen-bond donors (Lipinski definition) is 1. The molecule has 3 heteroatoms. The van der Waals surface area contributed by atoms with Gasteiger partial charge in [-0.25, -0.2) is 9.13 Å². The molecule has 0 saturated carbocycles. The molecule has 2 aromatic rings. The molecule has 0 unspecified atom stereocenters. The molecule has 1 heterocycles. The fourth-order valence-corrected chi connectivity index (χ4v) is 1.90. The number of rotatable bonds is 3. The van der Waals surface area contributed by atoms with Gasteiger partial charge in [0.25, 0.3) is 0 Å². The Hall–Kier alpha value is -0.960. The van der Waals surface area contributed by atoms with Crippen LogP contribution in [0.3, 0.4) is 0 Å². The van der Waals surface area contributed by atoms with Crippen molar-refractivity contribution in [2.45, 2.75) is 13.0 Å². The van der Waals surface area contributed by atoms with Crippen molar-refractivity contribution in [2.24, 2.45) is 7.05 Å². The van der Waals surface area contributed by atoms with Crippen LogP contribution in [0.1, 0.15) is 6.42 Å². The molecule has 2 nitrogen and oxygen atoms in total. The number of benzene rings is 1. The molecular formula is C11H15N2S+. The first kappa shape index (κ1) is 9.59. The smallest absolute Gasteiger partial charge is 0.233 e. The molecule has 0 bridgehead atoms. The van der Waals surface area contributed by atoms with Crippen LogP contribution >= 0.6 is 12.6 Å². The van der Waals surface area contributed by atoms with E-state index in [0.29, 0.717) is 0 Å². The summed E-state index contributed by atoms with van der Waals surface area (Å²) >= 11 is 4.23. The molecule has 0 fully saturated rings. The van der Waals surface area contributed by atoms with Gasteiger partial charge in [-0.05, 0) is 24.3 Å². The number of nitrogens with zero attached hydrogens (tertiary/aromatic N) is 2. The van der Waals surface area contributed by atoms with E-state index < -0.39 is 0 Å². The third kappa shape index (κ3) is 1.64. The van der Waals surface area contributed by atoms with Gasteiger partial charge in [-0.2, -0.15) is 12.6 Å². The first-order valence-electron chi connectivity index (χ1n) is 4.87. The molecule has 0 amide bonds. The summed E-state index contributed by atoms with van der Waals surface area (Å²) < 4.78 is 4.44. The van der Waals surface area contributed by atoms with Crippen LogP contribution in [0.5, 0.6) is 0 Å². The molecule has 74 valence electrons. The zero-order valence-corrected chi connectivity index (χ0v) is 9.24. The molecule has 0 spiro atoms. The van der Waals surface area contributed by atoms with Gasteiger partial charge in [-0.3, -0.25) is 0 Å². The molecule has 0 atom stereocenters. The lowest BCUT2D eigenvalue weighted by Gasteiger charge is -1.93. The van der Waals surface area contributed by atoms with E-state index in [1.165, 1.54) is 11.0 Å². The Morgan fingerprint density at radius 1 is 1.36 bits per heavy atom. The zero-order valence-electron chi connectivity index (χ0n) is 8.35. The summed E-state index contributed by atoms with van der Waals surface area (Å²) in [5.41, 5.74) is 2.59. The lowest BCUT2D eigenvalue weighted by atomic mass is 10.3. The van der Waals surface area contributed by atoms with Gasteiger partial charge in [0.15, 0.2) is 11.0 Å². The molecule has 2 rings (SSSR count). The number of aryl methyl sites for hydroxylation is 2. The predicted octanol–water partition coefficient (Wildman–Crippen LogP) is 1.79. The first-order chi connectivity index (χ1) is 6.83. The summed E-state index contributed by atoms with van der Waals surface area (Å²) in [5.74, 6) is 0.941. The van der Waals surface area contributed by atoms with Crippen molar-refractivity contribution in [1.29, 1.82) is 0 Å². The van der Waals surface area contributed by atoms with Gasteiger partial charge in [-0.1, -0.05) is 12.1 Å². The zero-order chi connectivity index (χ0) is 9.97. The maximum absolute atomic E-state index is 4.23. The van der Waals surface area contributed by atoms with E-state index in [1.54, 1.807) is 0 Å². The molecule has 0 radical (unpaired) electrons. The van der Waals surface area contributed by atoms with E-state index in [-0.39, 0.29) is 0 Å². The fraction of sp³-hybridized carbons (Fsp3) is 0.364. The van der Waals surface area contributed by atoms with Crippen LogP contribution in [0.4, 0.5) is 0 Å². The predicted molar refractivity (Wildman–Crippen MR) is 61.6 cm³/mol. The van der Waals surface area contributed by atoms with E-state index in [9.17, 15) is 0 Å². The molecule has 14 heavy (non-hydrogen) atoms. The maximum Gasteiger partial charge on any atom is 0.244 e. The average Bonchev–Trinajstić information content (AvgIpc) is 2.54. The number of thiol groups is 1. The highest BCUT2D eigenvalue weighted by atomic mass is 32.1. The summed E-state index contributed by atoms with van der Waals surface area (Å²) in [6.45, 7) is 1.05. The second kappa shape index (κ2) is 4.05. The highest BCUT2D eigenvalue weighted by Gasteiger charge is 2.10. The number of hydrogen-bond acceptors (Lipinski definition) is 1. The van der Waals surface area contributed by atoms with Gasteiger partial charge in [-0.15, -0.1) is 0 Å². The minimum atomic E-state index is 0.941. The summed E-state index contributed by atoms with van der Waals surface area (Å²) in [7, 11) is 2.08. The topological polar surface area (TPSA) is 8.81 Å². The van der Waals surface area contributed by atoms with Crippen molar-refractivity contribution in [3.63, 3.8) is 0 Å². The maximum atomic E-state index is 4.23. The second-order valence-corrected chi connectivity index (χ2v) is 3.93.